The van der Waals surface area contributed by atoms with Crippen LogP contribution in [0.5, 0.6) is 5.75 Å². The molecule has 0 saturated heterocycles. The molecular formula is C23H20N2O6S2. The van der Waals surface area contributed by atoms with Crippen LogP contribution in [0.3, 0.4) is 0 Å². The van der Waals surface area contributed by atoms with Crippen molar-refractivity contribution in [3.8, 4) is 5.75 Å². The Kier molecular flexibility index (Phi) is 6.57. The van der Waals surface area contributed by atoms with Crippen molar-refractivity contribution in [2.24, 2.45) is 0 Å². The van der Waals surface area contributed by atoms with Gasteiger partial charge in [-0.3, -0.25) is 19.2 Å². The van der Waals surface area contributed by atoms with E-state index in [1.165, 1.54) is 30.0 Å². The summed E-state index contributed by atoms with van der Waals surface area (Å²) in [5.41, 5.74) is 1.63. The predicted molar refractivity (Wildman–Crippen MR) is 125 cm³/mol. The van der Waals surface area contributed by atoms with Crippen molar-refractivity contribution in [1.29, 1.82) is 0 Å². The van der Waals surface area contributed by atoms with Gasteiger partial charge in [0, 0.05) is 10.6 Å². The minimum atomic E-state index is -4.03. The lowest BCUT2D eigenvalue weighted by Gasteiger charge is -2.28. The molecule has 33 heavy (non-hydrogen) atoms. The van der Waals surface area contributed by atoms with Crippen molar-refractivity contribution in [2.75, 3.05) is 22.8 Å². The number of aliphatic carboxylic acids is 1. The smallest absolute Gasteiger partial charge is 0.323 e. The van der Waals surface area contributed by atoms with Gasteiger partial charge in [-0.1, -0.05) is 42.5 Å². The highest BCUT2D eigenvalue weighted by atomic mass is 32.2. The first-order chi connectivity index (χ1) is 15.8. The molecule has 1 aliphatic rings. The molecule has 170 valence electrons. The molecule has 0 atom stereocenters. The number of carboxylic acids is 1. The third kappa shape index (κ3) is 5.29. The fourth-order valence-electron chi connectivity index (χ4n) is 3.27. The molecule has 0 spiro atoms. The number of rotatable bonds is 8. The van der Waals surface area contributed by atoms with Gasteiger partial charge < -0.3 is 9.84 Å². The van der Waals surface area contributed by atoms with Crippen LogP contribution < -0.4 is 14.4 Å². The summed E-state index contributed by atoms with van der Waals surface area (Å²) in [6.07, 6.45) is 0. The number of ether oxygens (including phenoxy) is 1. The highest BCUT2D eigenvalue weighted by molar-refractivity contribution is 7.98. The van der Waals surface area contributed by atoms with Gasteiger partial charge in [0.05, 0.1) is 16.3 Å². The number of anilines is 2. The van der Waals surface area contributed by atoms with Crippen LogP contribution in [0, 0.1) is 0 Å². The second-order valence-electron chi connectivity index (χ2n) is 7.17. The summed E-state index contributed by atoms with van der Waals surface area (Å²) in [6, 6.07) is 20.9. The van der Waals surface area contributed by atoms with Crippen molar-refractivity contribution < 1.29 is 27.9 Å². The summed E-state index contributed by atoms with van der Waals surface area (Å²) < 4.78 is 34.2. The summed E-state index contributed by atoms with van der Waals surface area (Å²) in [7, 11) is -4.03. The number of carbonyl (C=O) groups is 2. The zero-order chi connectivity index (χ0) is 23.4. The van der Waals surface area contributed by atoms with E-state index >= 15 is 0 Å². The van der Waals surface area contributed by atoms with Gasteiger partial charge in [-0.2, -0.15) is 0 Å². The number of nitrogens with zero attached hydrogens (tertiary/aromatic N) is 1. The Bertz CT molecular complexity index is 1300. The van der Waals surface area contributed by atoms with Gasteiger partial charge in [0.1, 0.15) is 12.3 Å². The predicted octanol–water partition coefficient (Wildman–Crippen LogP) is 3.59. The molecule has 0 fully saturated rings. The molecule has 8 nitrogen and oxygen atoms in total. The maximum Gasteiger partial charge on any atom is 0.323 e. The summed E-state index contributed by atoms with van der Waals surface area (Å²) in [6.45, 7) is -0.901. The lowest BCUT2D eigenvalue weighted by molar-refractivity contribution is -0.137. The van der Waals surface area contributed by atoms with Crippen LogP contribution >= 0.6 is 11.8 Å². The Labute approximate surface area is 195 Å². The lowest BCUT2D eigenvalue weighted by atomic mass is 10.2. The van der Waals surface area contributed by atoms with Gasteiger partial charge >= 0.3 is 5.97 Å². The molecule has 10 heteroatoms. The van der Waals surface area contributed by atoms with E-state index in [0.717, 1.165) is 15.4 Å². The van der Waals surface area contributed by atoms with Gasteiger partial charge in [0.25, 0.3) is 15.9 Å². The number of sulfonamides is 1. The normalized spacial score (nSPS) is 13.2. The number of fused-ring (bicyclic) bond motifs is 1. The third-order valence-electron chi connectivity index (χ3n) is 4.85. The number of nitrogens with one attached hydrogen (secondary N) is 1. The van der Waals surface area contributed by atoms with Gasteiger partial charge in [-0.15, -0.1) is 11.8 Å². The SMILES string of the molecule is O=C(O)CN1C(=O)COc2ccc(S(=O)(=O)Nc3ccccc3SCc3ccccc3)cc21. The summed E-state index contributed by atoms with van der Waals surface area (Å²) >= 11 is 1.50. The Morgan fingerprint density at radius 2 is 1.79 bits per heavy atom. The molecule has 0 aliphatic carbocycles. The average molecular weight is 485 g/mol. The van der Waals surface area contributed by atoms with Crippen LogP contribution in [0.25, 0.3) is 0 Å². The second-order valence-corrected chi connectivity index (χ2v) is 9.87. The topological polar surface area (TPSA) is 113 Å². The number of para-hydroxylation sites is 1. The van der Waals surface area contributed by atoms with E-state index in [4.69, 9.17) is 9.84 Å². The Hall–Kier alpha value is -3.50. The molecule has 3 aromatic rings. The van der Waals surface area contributed by atoms with Crippen LogP contribution in [0.15, 0.2) is 82.6 Å². The Balaban J connectivity index is 1.59. The van der Waals surface area contributed by atoms with Crippen LogP contribution in [0.4, 0.5) is 11.4 Å². The average Bonchev–Trinajstić information content (AvgIpc) is 2.80. The molecule has 3 aromatic carbocycles. The first-order valence-electron chi connectivity index (χ1n) is 9.91. The van der Waals surface area contributed by atoms with E-state index in [0.29, 0.717) is 11.4 Å². The van der Waals surface area contributed by atoms with E-state index < -0.39 is 28.4 Å². The fourth-order valence-corrected chi connectivity index (χ4v) is 5.40. The number of carboxylic acid groups (broad SMARTS) is 1. The van der Waals surface area contributed by atoms with Crippen molar-refractivity contribution in [3.05, 3.63) is 78.4 Å². The monoisotopic (exact) mass is 484 g/mol. The molecule has 0 unspecified atom stereocenters. The summed E-state index contributed by atoms with van der Waals surface area (Å²) in [4.78, 5) is 25.0. The molecule has 0 bridgehead atoms. The zero-order valence-electron chi connectivity index (χ0n) is 17.3. The van der Waals surface area contributed by atoms with E-state index in [9.17, 15) is 18.0 Å². The Morgan fingerprint density at radius 1 is 1.06 bits per heavy atom. The lowest BCUT2D eigenvalue weighted by Crippen LogP contribution is -2.42. The van der Waals surface area contributed by atoms with Gasteiger partial charge in [0.15, 0.2) is 6.61 Å². The van der Waals surface area contributed by atoms with Gasteiger partial charge in [-0.25, -0.2) is 8.42 Å². The maximum absolute atomic E-state index is 13.1. The second kappa shape index (κ2) is 9.55. The van der Waals surface area contributed by atoms with Crippen molar-refractivity contribution in [3.63, 3.8) is 0 Å². The van der Waals surface area contributed by atoms with Gasteiger partial charge in [0.2, 0.25) is 0 Å². The Morgan fingerprint density at radius 3 is 2.55 bits per heavy atom. The number of amides is 1. The van der Waals surface area contributed by atoms with Crippen LogP contribution in [-0.2, 0) is 25.4 Å². The molecule has 2 N–H and O–H groups in total. The molecule has 1 aliphatic heterocycles. The zero-order valence-corrected chi connectivity index (χ0v) is 18.9. The van der Waals surface area contributed by atoms with Crippen molar-refractivity contribution in [2.45, 2.75) is 15.5 Å². The first-order valence-corrected chi connectivity index (χ1v) is 12.4. The van der Waals surface area contributed by atoms with Crippen LogP contribution in [0.2, 0.25) is 0 Å². The molecule has 0 aromatic heterocycles. The van der Waals surface area contributed by atoms with Crippen LogP contribution in [0.1, 0.15) is 5.56 Å². The summed E-state index contributed by atoms with van der Waals surface area (Å²) in [5.74, 6) is -0.863. The fraction of sp³-hybridized carbons (Fsp3) is 0.130. The largest absolute Gasteiger partial charge is 0.482 e. The van der Waals surface area contributed by atoms with Crippen molar-refractivity contribution in [1.82, 2.24) is 0 Å². The molecule has 0 radical (unpaired) electrons. The number of carbonyl (C=O) groups excluding carboxylic acids is 1. The maximum atomic E-state index is 13.1. The van der Waals surface area contributed by atoms with E-state index in [2.05, 4.69) is 4.72 Å². The standard InChI is InChI=1S/C23H20N2O6S2/c26-22-14-31-20-11-10-17(12-19(20)25(22)13-23(27)28)33(29,30)24-18-8-4-5-9-21(18)32-15-16-6-2-1-3-7-16/h1-12,24H,13-15H2,(H,27,28). The van der Waals surface area contributed by atoms with E-state index in [1.807, 2.05) is 42.5 Å². The minimum Gasteiger partial charge on any atom is -0.482 e. The van der Waals surface area contributed by atoms with Crippen LogP contribution in [-0.4, -0.2) is 38.6 Å². The van der Waals surface area contributed by atoms with Crippen molar-refractivity contribution >= 4 is 45.0 Å². The highest BCUT2D eigenvalue weighted by Gasteiger charge is 2.29. The summed E-state index contributed by atoms with van der Waals surface area (Å²) in [5, 5.41) is 9.13. The minimum absolute atomic E-state index is 0.100. The number of thioether (sulfide) groups is 1. The highest BCUT2D eigenvalue weighted by Crippen LogP contribution is 2.36. The molecule has 1 amide bonds. The number of hydrogen-bond donors (Lipinski definition) is 2. The molecular weight excluding hydrogens is 464 g/mol. The third-order valence-corrected chi connectivity index (χ3v) is 7.35. The first kappa shape index (κ1) is 22.7. The quantitative estimate of drug-likeness (QED) is 0.470. The molecule has 0 saturated carbocycles. The van der Waals surface area contributed by atoms with Gasteiger partial charge in [-0.05, 0) is 35.9 Å². The van der Waals surface area contributed by atoms with E-state index in [1.54, 1.807) is 12.1 Å². The molecule has 1 heterocycles. The van der Waals surface area contributed by atoms with E-state index in [-0.39, 0.29) is 22.9 Å². The number of hydrogen-bond acceptors (Lipinski definition) is 6. The number of benzene rings is 3. The molecule has 4 rings (SSSR count).